The Kier molecular flexibility index (Phi) is 3.36. The predicted molar refractivity (Wildman–Crippen MR) is 65.2 cm³/mol. The Balaban J connectivity index is 2.23. The third kappa shape index (κ3) is 2.43. The number of benzene rings is 1. The van der Waals surface area contributed by atoms with Gasteiger partial charge in [-0.15, -0.1) is 0 Å². The van der Waals surface area contributed by atoms with Gasteiger partial charge in [0.05, 0.1) is 19.6 Å². The van der Waals surface area contributed by atoms with Crippen molar-refractivity contribution < 1.29 is 14.3 Å². The van der Waals surface area contributed by atoms with Crippen molar-refractivity contribution in [1.29, 1.82) is 0 Å². The van der Waals surface area contributed by atoms with Crippen LogP contribution in [0.4, 0.5) is 0 Å². The summed E-state index contributed by atoms with van der Waals surface area (Å²) in [5.74, 6) is 0.761. The van der Waals surface area contributed by atoms with Crippen LogP contribution in [-0.4, -0.2) is 19.2 Å². The lowest BCUT2D eigenvalue weighted by molar-refractivity contribution is -0.144. The number of ether oxygens (including phenoxy) is 2. The van der Waals surface area contributed by atoms with Crippen molar-refractivity contribution in [3.63, 3.8) is 0 Å². The fourth-order valence-electron chi connectivity index (χ4n) is 2.33. The molecular weight excluding hydrogens is 216 g/mol. The topological polar surface area (TPSA) is 35.5 Å². The van der Waals surface area contributed by atoms with Crippen LogP contribution in [0, 0.1) is 0 Å². The van der Waals surface area contributed by atoms with Gasteiger partial charge in [0.15, 0.2) is 0 Å². The highest BCUT2D eigenvalue weighted by Crippen LogP contribution is 2.40. The Bertz CT molecular complexity index is 414. The van der Waals surface area contributed by atoms with Crippen molar-refractivity contribution in [2.45, 2.75) is 32.1 Å². The first-order valence-corrected chi connectivity index (χ1v) is 6.03. The summed E-state index contributed by atoms with van der Waals surface area (Å²) in [4.78, 5) is 11.7. The molecule has 92 valence electrons. The lowest BCUT2D eigenvalue weighted by Crippen LogP contribution is -2.32. The van der Waals surface area contributed by atoms with E-state index in [1.807, 2.05) is 31.2 Å². The second-order valence-corrected chi connectivity index (χ2v) is 4.64. The number of fused-ring (bicyclic) bond motifs is 1. The van der Waals surface area contributed by atoms with E-state index in [1.54, 1.807) is 0 Å². The molecule has 0 N–H and O–H groups in total. The number of hydrogen-bond donors (Lipinski definition) is 0. The fraction of sp³-hybridized carbons (Fsp3) is 0.500. The third-order valence-corrected chi connectivity index (χ3v) is 3.29. The lowest BCUT2D eigenvalue weighted by Gasteiger charge is -2.34. The van der Waals surface area contributed by atoms with Gasteiger partial charge in [-0.3, -0.25) is 4.79 Å². The summed E-state index contributed by atoms with van der Waals surface area (Å²) in [5.41, 5.74) is 0.945. The zero-order valence-electron chi connectivity index (χ0n) is 10.4. The molecule has 2 rings (SSSR count). The largest absolute Gasteiger partial charge is 0.493 e. The van der Waals surface area contributed by atoms with Crippen molar-refractivity contribution >= 4 is 5.97 Å². The normalized spacial score (nSPS) is 22.5. The Labute approximate surface area is 102 Å². The summed E-state index contributed by atoms with van der Waals surface area (Å²) >= 11 is 0. The minimum atomic E-state index is -0.166. The molecule has 0 amide bonds. The highest BCUT2D eigenvalue weighted by Gasteiger charge is 2.35. The third-order valence-electron chi connectivity index (χ3n) is 3.29. The number of carbonyl (C=O) groups is 1. The number of para-hydroxylation sites is 1. The molecule has 0 saturated carbocycles. The first-order valence-electron chi connectivity index (χ1n) is 6.03. The first-order chi connectivity index (χ1) is 8.15. The van der Waals surface area contributed by atoms with Crippen LogP contribution in [0.1, 0.15) is 32.3 Å². The molecule has 0 spiro atoms. The first kappa shape index (κ1) is 12.0. The Morgan fingerprint density at radius 1 is 1.47 bits per heavy atom. The van der Waals surface area contributed by atoms with E-state index in [0.29, 0.717) is 19.6 Å². The average Bonchev–Trinajstić information content (AvgIpc) is 2.29. The van der Waals surface area contributed by atoms with Gasteiger partial charge in [0.1, 0.15) is 5.75 Å². The fourth-order valence-corrected chi connectivity index (χ4v) is 2.33. The molecule has 1 aliphatic rings. The number of rotatable bonds is 3. The highest BCUT2D eigenvalue weighted by atomic mass is 16.5. The molecule has 0 radical (unpaired) electrons. The molecule has 0 aliphatic carbocycles. The summed E-state index contributed by atoms with van der Waals surface area (Å²) < 4.78 is 10.7. The van der Waals surface area contributed by atoms with Gasteiger partial charge in [-0.25, -0.2) is 0 Å². The van der Waals surface area contributed by atoms with Gasteiger partial charge in [-0.1, -0.05) is 25.1 Å². The van der Waals surface area contributed by atoms with E-state index in [-0.39, 0.29) is 11.4 Å². The van der Waals surface area contributed by atoms with E-state index < -0.39 is 0 Å². The molecule has 17 heavy (non-hydrogen) atoms. The van der Waals surface area contributed by atoms with Gasteiger partial charge in [0, 0.05) is 11.0 Å². The van der Waals surface area contributed by atoms with E-state index in [0.717, 1.165) is 17.7 Å². The zero-order chi connectivity index (χ0) is 12.3. The minimum absolute atomic E-state index is 0.133. The average molecular weight is 234 g/mol. The van der Waals surface area contributed by atoms with Crippen molar-refractivity contribution in [1.82, 2.24) is 0 Å². The van der Waals surface area contributed by atoms with Crippen LogP contribution < -0.4 is 4.74 Å². The van der Waals surface area contributed by atoms with Gasteiger partial charge >= 0.3 is 5.97 Å². The van der Waals surface area contributed by atoms with Crippen LogP contribution in [-0.2, 0) is 14.9 Å². The zero-order valence-corrected chi connectivity index (χ0v) is 10.4. The van der Waals surface area contributed by atoms with Crippen LogP contribution >= 0.6 is 0 Å². The number of carbonyl (C=O) groups excluding carboxylic acids is 1. The summed E-state index contributed by atoms with van der Waals surface area (Å²) in [7, 11) is 0. The van der Waals surface area contributed by atoms with E-state index in [9.17, 15) is 4.79 Å². The summed E-state index contributed by atoms with van der Waals surface area (Å²) in [6.45, 7) is 5.03. The van der Waals surface area contributed by atoms with Crippen molar-refractivity contribution in [2.75, 3.05) is 13.2 Å². The minimum Gasteiger partial charge on any atom is -0.493 e. The lowest BCUT2D eigenvalue weighted by atomic mass is 9.75. The van der Waals surface area contributed by atoms with Gasteiger partial charge < -0.3 is 9.47 Å². The smallest absolute Gasteiger partial charge is 0.306 e. The molecule has 3 heteroatoms. The van der Waals surface area contributed by atoms with E-state index >= 15 is 0 Å². The Morgan fingerprint density at radius 2 is 2.24 bits per heavy atom. The summed E-state index contributed by atoms with van der Waals surface area (Å²) in [6, 6.07) is 7.93. The summed E-state index contributed by atoms with van der Waals surface area (Å²) in [5, 5.41) is 0. The quantitative estimate of drug-likeness (QED) is 0.754. The van der Waals surface area contributed by atoms with Crippen LogP contribution in [0.3, 0.4) is 0 Å². The van der Waals surface area contributed by atoms with Crippen LogP contribution in [0.25, 0.3) is 0 Å². The molecule has 0 bridgehead atoms. The molecule has 0 aromatic heterocycles. The molecule has 1 aromatic rings. The molecule has 1 heterocycles. The van der Waals surface area contributed by atoms with Gasteiger partial charge in [-0.05, 0) is 19.4 Å². The Hall–Kier alpha value is -1.51. The molecule has 1 atom stereocenters. The second kappa shape index (κ2) is 4.78. The molecule has 1 aromatic carbocycles. The molecule has 1 aliphatic heterocycles. The second-order valence-electron chi connectivity index (χ2n) is 4.64. The maximum atomic E-state index is 11.7. The molecular formula is C14H18O3. The molecule has 1 unspecified atom stereocenters. The maximum Gasteiger partial charge on any atom is 0.306 e. The maximum absolute atomic E-state index is 11.7. The molecule has 0 fully saturated rings. The molecule has 0 saturated heterocycles. The van der Waals surface area contributed by atoms with Crippen molar-refractivity contribution in [3.8, 4) is 5.75 Å². The van der Waals surface area contributed by atoms with Crippen molar-refractivity contribution in [2.24, 2.45) is 0 Å². The summed E-state index contributed by atoms with van der Waals surface area (Å²) in [6.07, 6.45) is 1.27. The van der Waals surface area contributed by atoms with Crippen LogP contribution in [0.15, 0.2) is 24.3 Å². The van der Waals surface area contributed by atoms with Gasteiger partial charge in [-0.2, -0.15) is 0 Å². The van der Waals surface area contributed by atoms with Crippen molar-refractivity contribution in [3.05, 3.63) is 29.8 Å². The van der Waals surface area contributed by atoms with E-state index in [2.05, 4.69) is 6.92 Å². The SMILES string of the molecule is CCOC(=O)CC1(C)CCOc2ccccc21. The standard InChI is InChI=1S/C14H18O3/c1-3-16-13(15)10-14(2)8-9-17-12-7-5-4-6-11(12)14/h4-7H,3,8-10H2,1-2H3. The van der Waals surface area contributed by atoms with Gasteiger partial charge in [0.2, 0.25) is 0 Å². The number of hydrogen-bond acceptors (Lipinski definition) is 3. The van der Waals surface area contributed by atoms with Crippen LogP contribution in [0.5, 0.6) is 5.75 Å². The van der Waals surface area contributed by atoms with Crippen LogP contribution in [0.2, 0.25) is 0 Å². The predicted octanol–water partition coefficient (Wildman–Crippen LogP) is 2.68. The van der Waals surface area contributed by atoms with E-state index in [1.165, 1.54) is 0 Å². The Morgan fingerprint density at radius 3 is 3.00 bits per heavy atom. The van der Waals surface area contributed by atoms with Gasteiger partial charge in [0.25, 0.3) is 0 Å². The highest BCUT2D eigenvalue weighted by molar-refractivity contribution is 5.72. The number of esters is 1. The molecule has 3 nitrogen and oxygen atoms in total. The monoisotopic (exact) mass is 234 g/mol. The van der Waals surface area contributed by atoms with E-state index in [4.69, 9.17) is 9.47 Å².